The van der Waals surface area contributed by atoms with Crippen LogP contribution in [0.3, 0.4) is 0 Å². The minimum Gasteiger partial charge on any atom is -0.451 e. The Kier molecular flexibility index (Phi) is 4.18. The van der Waals surface area contributed by atoms with Crippen molar-refractivity contribution in [1.29, 1.82) is 0 Å². The normalized spacial score (nSPS) is 15.7. The number of furan rings is 1. The lowest BCUT2D eigenvalue weighted by Gasteiger charge is -2.30. The van der Waals surface area contributed by atoms with Gasteiger partial charge in [-0.15, -0.1) is 0 Å². The Labute approximate surface area is 130 Å². The van der Waals surface area contributed by atoms with Gasteiger partial charge in [0, 0.05) is 24.3 Å². The largest absolute Gasteiger partial charge is 0.451 e. The number of amides is 1. The van der Waals surface area contributed by atoms with Crippen LogP contribution in [0.1, 0.15) is 42.7 Å². The molecule has 0 unspecified atom stereocenters. The van der Waals surface area contributed by atoms with Crippen molar-refractivity contribution >= 4 is 11.6 Å². The third-order valence-electron chi connectivity index (χ3n) is 4.43. The number of hydrogen-bond donors (Lipinski definition) is 1. The molecular formula is C18H22N2O2. The van der Waals surface area contributed by atoms with Gasteiger partial charge in [0.1, 0.15) is 5.76 Å². The molecule has 1 aromatic heterocycles. The summed E-state index contributed by atoms with van der Waals surface area (Å²) >= 11 is 0. The summed E-state index contributed by atoms with van der Waals surface area (Å²) in [6, 6.07) is 11.4. The second kappa shape index (κ2) is 6.26. The van der Waals surface area contributed by atoms with Crippen LogP contribution in [0.4, 0.5) is 5.69 Å². The number of carbonyl (C=O) groups excluding carboxylic acids is 1. The number of carbonyl (C=O) groups is 1. The summed E-state index contributed by atoms with van der Waals surface area (Å²) in [5.74, 6) is 1.03. The maximum Gasteiger partial charge on any atom is 0.289 e. The van der Waals surface area contributed by atoms with Gasteiger partial charge in [-0.25, -0.2) is 0 Å². The first-order valence-electron chi connectivity index (χ1n) is 7.88. The van der Waals surface area contributed by atoms with Crippen molar-refractivity contribution < 1.29 is 9.21 Å². The minimum absolute atomic E-state index is 0.0398. The third-order valence-corrected chi connectivity index (χ3v) is 4.43. The molecule has 1 aliphatic carbocycles. The van der Waals surface area contributed by atoms with Crippen LogP contribution >= 0.6 is 0 Å². The first kappa shape index (κ1) is 14.7. The average Bonchev–Trinajstić information content (AvgIpc) is 3.04. The number of anilines is 1. The van der Waals surface area contributed by atoms with Gasteiger partial charge in [0.05, 0.1) is 0 Å². The van der Waals surface area contributed by atoms with Crippen molar-refractivity contribution in [2.24, 2.45) is 0 Å². The van der Waals surface area contributed by atoms with Crippen molar-refractivity contribution in [2.45, 2.75) is 38.1 Å². The van der Waals surface area contributed by atoms with Crippen LogP contribution in [-0.4, -0.2) is 23.9 Å². The van der Waals surface area contributed by atoms with E-state index in [4.69, 9.17) is 10.2 Å². The van der Waals surface area contributed by atoms with E-state index in [0.29, 0.717) is 23.2 Å². The smallest absolute Gasteiger partial charge is 0.289 e. The molecule has 0 bridgehead atoms. The fourth-order valence-corrected chi connectivity index (χ4v) is 3.11. The third kappa shape index (κ3) is 3.01. The molecule has 0 atom stereocenters. The number of rotatable bonds is 3. The van der Waals surface area contributed by atoms with E-state index < -0.39 is 0 Å². The van der Waals surface area contributed by atoms with Crippen molar-refractivity contribution in [1.82, 2.24) is 4.90 Å². The molecule has 2 aromatic rings. The van der Waals surface area contributed by atoms with Crippen LogP contribution in [0.15, 0.2) is 40.8 Å². The van der Waals surface area contributed by atoms with Gasteiger partial charge in [-0.05, 0) is 37.1 Å². The first-order valence-corrected chi connectivity index (χ1v) is 7.88. The van der Waals surface area contributed by atoms with Crippen LogP contribution in [0, 0.1) is 0 Å². The molecule has 2 N–H and O–H groups in total. The van der Waals surface area contributed by atoms with Crippen LogP contribution in [0.25, 0.3) is 11.3 Å². The summed E-state index contributed by atoms with van der Waals surface area (Å²) in [6.45, 7) is 0. The highest BCUT2D eigenvalue weighted by molar-refractivity contribution is 5.92. The van der Waals surface area contributed by atoms with Crippen molar-refractivity contribution in [3.63, 3.8) is 0 Å². The zero-order valence-corrected chi connectivity index (χ0v) is 12.9. The predicted octanol–water partition coefficient (Wildman–Crippen LogP) is 3.93. The second-order valence-electron chi connectivity index (χ2n) is 6.00. The minimum atomic E-state index is -0.0398. The lowest BCUT2D eigenvalue weighted by atomic mass is 9.94. The van der Waals surface area contributed by atoms with E-state index in [2.05, 4.69) is 0 Å². The SMILES string of the molecule is CN(C(=O)c1ccc(-c2cccc(N)c2)o1)C1CCCCC1. The molecule has 1 aliphatic rings. The monoisotopic (exact) mass is 298 g/mol. The van der Waals surface area contributed by atoms with E-state index in [-0.39, 0.29) is 5.91 Å². The van der Waals surface area contributed by atoms with Crippen LogP contribution in [0.5, 0.6) is 0 Å². The Morgan fingerprint density at radius 1 is 1.18 bits per heavy atom. The van der Waals surface area contributed by atoms with Crippen molar-refractivity contribution in [3.8, 4) is 11.3 Å². The van der Waals surface area contributed by atoms with Gasteiger partial charge in [-0.1, -0.05) is 31.4 Å². The lowest BCUT2D eigenvalue weighted by Crippen LogP contribution is -2.38. The number of hydrogen-bond acceptors (Lipinski definition) is 3. The molecule has 1 saturated carbocycles. The Balaban J connectivity index is 1.76. The molecule has 4 nitrogen and oxygen atoms in total. The molecule has 0 radical (unpaired) electrons. The molecule has 1 heterocycles. The maximum atomic E-state index is 12.6. The van der Waals surface area contributed by atoms with Crippen LogP contribution in [0.2, 0.25) is 0 Å². The summed E-state index contributed by atoms with van der Waals surface area (Å²) < 4.78 is 5.75. The Morgan fingerprint density at radius 3 is 2.68 bits per heavy atom. The topological polar surface area (TPSA) is 59.5 Å². The summed E-state index contributed by atoms with van der Waals surface area (Å²) in [4.78, 5) is 14.4. The quantitative estimate of drug-likeness (QED) is 0.873. The standard InChI is InChI=1S/C18H22N2O2/c1-20(15-8-3-2-4-9-15)18(21)17-11-10-16(22-17)13-6-5-7-14(19)12-13/h5-7,10-12,15H,2-4,8-9,19H2,1H3. The van der Waals surface area contributed by atoms with Crippen molar-refractivity contribution in [2.75, 3.05) is 12.8 Å². The van der Waals surface area contributed by atoms with Gasteiger partial charge in [-0.2, -0.15) is 0 Å². The van der Waals surface area contributed by atoms with Crippen molar-refractivity contribution in [3.05, 3.63) is 42.2 Å². The average molecular weight is 298 g/mol. The van der Waals surface area contributed by atoms with Crippen LogP contribution in [-0.2, 0) is 0 Å². The Hall–Kier alpha value is -2.23. The molecular weight excluding hydrogens is 276 g/mol. The van der Waals surface area contributed by atoms with E-state index in [1.54, 1.807) is 6.07 Å². The lowest BCUT2D eigenvalue weighted by molar-refractivity contribution is 0.0665. The maximum absolute atomic E-state index is 12.6. The molecule has 1 amide bonds. The van der Waals surface area contributed by atoms with E-state index in [0.717, 1.165) is 18.4 Å². The molecule has 1 aromatic carbocycles. The van der Waals surface area contributed by atoms with Gasteiger partial charge >= 0.3 is 0 Å². The zero-order valence-electron chi connectivity index (χ0n) is 12.9. The Bertz CT molecular complexity index is 657. The fourth-order valence-electron chi connectivity index (χ4n) is 3.11. The molecule has 3 rings (SSSR count). The van der Waals surface area contributed by atoms with Gasteiger partial charge < -0.3 is 15.1 Å². The highest BCUT2D eigenvalue weighted by atomic mass is 16.4. The highest BCUT2D eigenvalue weighted by Gasteiger charge is 2.25. The Morgan fingerprint density at radius 2 is 1.95 bits per heavy atom. The molecule has 0 aliphatic heterocycles. The molecule has 0 spiro atoms. The van der Waals surface area contributed by atoms with Gasteiger partial charge in [0.2, 0.25) is 0 Å². The highest BCUT2D eigenvalue weighted by Crippen LogP contribution is 2.26. The number of nitrogen functional groups attached to an aromatic ring is 1. The summed E-state index contributed by atoms with van der Waals surface area (Å²) in [5.41, 5.74) is 7.36. The van der Waals surface area contributed by atoms with E-state index >= 15 is 0 Å². The number of benzene rings is 1. The fraction of sp³-hybridized carbons (Fsp3) is 0.389. The molecule has 0 saturated heterocycles. The van der Waals surface area contributed by atoms with Crippen LogP contribution < -0.4 is 5.73 Å². The number of nitrogens with zero attached hydrogens (tertiary/aromatic N) is 1. The first-order chi connectivity index (χ1) is 10.6. The van der Waals surface area contributed by atoms with E-state index in [1.165, 1.54) is 19.3 Å². The van der Waals surface area contributed by atoms with E-state index in [9.17, 15) is 4.79 Å². The summed E-state index contributed by atoms with van der Waals surface area (Å²) in [7, 11) is 1.88. The predicted molar refractivity (Wildman–Crippen MR) is 87.5 cm³/mol. The molecule has 22 heavy (non-hydrogen) atoms. The zero-order chi connectivity index (χ0) is 15.5. The summed E-state index contributed by atoms with van der Waals surface area (Å²) in [5, 5.41) is 0. The molecule has 4 heteroatoms. The van der Waals surface area contributed by atoms with Gasteiger partial charge in [-0.3, -0.25) is 4.79 Å². The number of nitrogens with two attached hydrogens (primary N) is 1. The van der Waals surface area contributed by atoms with Gasteiger partial charge in [0.25, 0.3) is 5.91 Å². The molecule has 116 valence electrons. The summed E-state index contributed by atoms with van der Waals surface area (Å²) in [6.07, 6.45) is 5.86. The van der Waals surface area contributed by atoms with E-state index in [1.807, 2.05) is 42.3 Å². The second-order valence-corrected chi connectivity index (χ2v) is 6.00. The van der Waals surface area contributed by atoms with Gasteiger partial charge in [0.15, 0.2) is 5.76 Å². The molecule has 1 fully saturated rings.